The van der Waals surface area contributed by atoms with Gasteiger partial charge in [-0.1, -0.05) is 6.07 Å². The summed E-state index contributed by atoms with van der Waals surface area (Å²) in [6.07, 6.45) is -0.746. The Balaban J connectivity index is 1.63. The molecule has 1 atom stereocenters. The second kappa shape index (κ2) is 9.18. The SMILES string of the molecule is Cc1cc(C)cc(O[C@H](C)C(=O)Nc2ccc(S(=O)(=O)Nc3ccc(F)cc3)cc2)c1. The highest BCUT2D eigenvalue weighted by molar-refractivity contribution is 7.92. The summed E-state index contributed by atoms with van der Waals surface area (Å²) in [4.78, 5) is 12.4. The number of halogens is 1. The summed E-state index contributed by atoms with van der Waals surface area (Å²) in [5.74, 6) is -0.216. The molecular formula is C23H23FN2O4S. The van der Waals surface area contributed by atoms with Gasteiger partial charge in [0.2, 0.25) is 0 Å². The fourth-order valence-electron chi connectivity index (χ4n) is 2.95. The molecule has 162 valence electrons. The van der Waals surface area contributed by atoms with Gasteiger partial charge < -0.3 is 10.1 Å². The molecule has 3 aromatic rings. The Hall–Kier alpha value is -3.39. The minimum absolute atomic E-state index is 0.00867. The zero-order valence-corrected chi connectivity index (χ0v) is 18.2. The van der Waals surface area contributed by atoms with Crippen LogP contribution < -0.4 is 14.8 Å². The molecular weight excluding hydrogens is 419 g/mol. The van der Waals surface area contributed by atoms with Gasteiger partial charge in [0.25, 0.3) is 15.9 Å². The molecule has 8 heteroatoms. The van der Waals surface area contributed by atoms with Crippen LogP contribution in [0.3, 0.4) is 0 Å². The van der Waals surface area contributed by atoms with E-state index in [0.29, 0.717) is 11.4 Å². The van der Waals surface area contributed by atoms with Crippen LogP contribution in [-0.2, 0) is 14.8 Å². The smallest absolute Gasteiger partial charge is 0.265 e. The third-order valence-electron chi connectivity index (χ3n) is 4.41. The number of anilines is 2. The third-order valence-corrected chi connectivity index (χ3v) is 5.80. The highest BCUT2D eigenvalue weighted by Crippen LogP contribution is 2.20. The number of benzene rings is 3. The number of hydrogen-bond acceptors (Lipinski definition) is 4. The van der Waals surface area contributed by atoms with Gasteiger partial charge in [0.05, 0.1) is 4.90 Å². The average molecular weight is 443 g/mol. The van der Waals surface area contributed by atoms with Crippen molar-refractivity contribution in [1.82, 2.24) is 0 Å². The molecule has 1 amide bonds. The van der Waals surface area contributed by atoms with E-state index in [9.17, 15) is 17.6 Å². The molecule has 0 aromatic heterocycles. The van der Waals surface area contributed by atoms with E-state index in [1.165, 1.54) is 36.4 Å². The summed E-state index contributed by atoms with van der Waals surface area (Å²) in [6, 6.07) is 16.4. The Morgan fingerprint density at radius 1 is 0.903 bits per heavy atom. The molecule has 6 nitrogen and oxygen atoms in total. The van der Waals surface area contributed by atoms with Crippen LogP contribution in [0.1, 0.15) is 18.1 Å². The van der Waals surface area contributed by atoms with Crippen LogP contribution >= 0.6 is 0 Å². The molecule has 0 spiro atoms. The summed E-state index contributed by atoms with van der Waals surface area (Å²) < 4.78 is 46.0. The number of sulfonamides is 1. The summed E-state index contributed by atoms with van der Waals surface area (Å²) in [5, 5.41) is 2.70. The molecule has 2 N–H and O–H groups in total. The molecule has 0 saturated carbocycles. The molecule has 0 aliphatic rings. The van der Waals surface area contributed by atoms with E-state index in [0.717, 1.165) is 23.3 Å². The number of aryl methyl sites for hydroxylation is 2. The number of carbonyl (C=O) groups is 1. The van der Waals surface area contributed by atoms with Crippen LogP contribution in [0.4, 0.5) is 15.8 Å². The highest BCUT2D eigenvalue weighted by Gasteiger charge is 2.17. The molecule has 0 fully saturated rings. The maximum absolute atomic E-state index is 13.0. The summed E-state index contributed by atoms with van der Waals surface area (Å²) in [7, 11) is -3.85. The van der Waals surface area contributed by atoms with Crippen LogP contribution in [0.5, 0.6) is 5.75 Å². The lowest BCUT2D eigenvalue weighted by Gasteiger charge is -2.16. The molecule has 0 aliphatic heterocycles. The fourth-order valence-corrected chi connectivity index (χ4v) is 4.01. The van der Waals surface area contributed by atoms with Crippen LogP contribution in [0.15, 0.2) is 71.6 Å². The van der Waals surface area contributed by atoms with Crippen molar-refractivity contribution in [2.75, 3.05) is 10.0 Å². The van der Waals surface area contributed by atoms with Crippen molar-refractivity contribution in [3.05, 3.63) is 83.7 Å². The number of carbonyl (C=O) groups excluding carboxylic acids is 1. The predicted octanol–water partition coefficient (Wildman–Crippen LogP) is 4.65. The molecule has 3 aromatic carbocycles. The van der Waals surface area contributed by atoms with Crippen molar-refractivity contribution in [3.63, 3.8) is 0 Å². The van der Waals surface area contributed by atoms with Crippen LogP contribution in [0, 0.1) is 19.7 Å². The Morgan fingerprint density at radius 2 is 1.45 bits per heavy atom. The number of ether oxygens (including phenoxy) is 1. The van der Waals surface area contributed by atoms with Crippen molar-refractivity contribution >= 4 is 27.3 Å². The Morgan fingerprint density at radius 3 is 2.03 bits per heavy atom. The van der Waals surface area contributed by atoms with Crippen molar-refractivity contribution in [2.45, 2.75) is 31.8 Å². The zero-order valence-electron chi connectivity index (χ0n) is 17.3. The molecule has 3 rings (SSSR count). The molecule has 0 heterocycles. The quantitative estimate of drug-likeness (QED) is 0.558. The lowest BCUT2D eigenvalue weighted by Crippen LogP contribution is -2.30. The van der Waals surface area contributed by atoms with Gasteiger partial charge in [0.1, 0.15) is 11.6 Å². The largest absolute Gasteiger partial charge is 0.481 e. The lowest BCUT2D eigenvalue weighted by molar-refractivity contribution is -0.122. The van der Waals surface area contributed by atoms with Gasteiger partial charge in [-0.15, -0.1) is 0 Å². The van der Waals surface area contributed by atoms with Gasteiger partial charge >= 0.3 is 0 Å². The van der Waals surface area contributed by atoms with Crippen molar-refractivity contribution in [3.8, 4) is 5.75 Å². The lowest BCUT2D eigenvalue weighted by atomic mass is 10.1. The number of nitrogens with one attached hydrogen (secondary N) is 2. The minimum Gasteiger partial charge on any atom is -0.481 e. The van der Waals surface area contributed by atoms with E-state index < -0.39 is 21.9 Å². The van der Waals surface area contributed by atoms with Crippen LogP contribution in [-0.4, -0.2) is 20.4 Å². The normalized spacial score (nSPS) is 12.1. The zero-order chi connectivity index (χ0) is 22.6. The Bertz CT molecular complexity index is 1160. The molecule has 0 unspecified atom stereocenters. The van der Waals surface area contributed by atoms with E-state index in [2.05, 4.69) is 10.0 Å². The molecule has 0 bridgehead atoms. The molecule has 0 aliphatic carbocycles. The van der Waals surface area contributed by atoms with E-state index in [1.807, 2.05) is 32.0 Å². The number of rotatable bonds is 7. The van der Waals surface area contributed by atoms with Crippen LogP contribution in [0.2, 0.25) is 0 Å². The first-order valence-corrected chi connectivity index (χ1v) is 11.0. The van der Waals surface area contributed by atoms with Gasteiger partial charge in [-0.3, -0.25) is 9.52 Å². The average Bonchev–Trinajstić information content (AvgIpc) is 2.69. The minimum atomic E-state index is -3.85. The summed E-state index contributed by atoms with van der Waals surface area (Å²) in [6.45, 7) is 5.54. The van der Waals surface area contributed by atoms with Gasteiger partial charge in [-0.05, 0) is 92.6 Å². The molecule has 31 heavy (non-hydrogen) atoms. The first-order chi connectivity index (χ1) is 14.6. The van der Waals surface area contributed by atoms with Crippen LogP contribution in [0.25, 0.3) is 0 Å². The summed E-state index contributed by atoms with van der Waals surface area (Å²) in [5.41, 5.74) is 2.75. The van der Waals surface area contributed by atoms with Crippen molar-refractivity contribution in [2.24, 2.45) is 0 Å². The Kier molecular flexibility index (Phi) is 6.60. The fraction of sp³-hybridized carbons (Fsp3) is 0.174. The highest BCUT2D eigenvalue weighted by atomic mass is 32.2. The van der Waals surface area contributed by atoms with Gasteiger partial charge in [-0.25, -0.2) is 12.8 Å². The second-order valence-electron chi connectivity index (χ2n) is 7.21. The van der Waals surface area contributed by atoms with Gasteiger partial charge in [0.15, 0.2) is 6.10 Å². The predicted molar refractivity (Wildman–Crippen MR) is 118 cm³/mol. The van der Waals surface area contributed by atoms with E-state index in [1.54, 1.807) is 6.92 Å². The second-order valence-corrected chi connectivity index (χ2v) is 8.89. The third kappa shape index (κ3) is 6.05. The number of amides is 1. The monoisotopic (exact) mass is 442 g/mol. The van der Waals surface area contributed by atoms with Crippen molar-refractivity contribution < 1.29 is 22.3 Å². The van der Waals surface area contributed by atoms with E-state index in [4.69, 9.17) is 4.74 Å². The van der Waals surface area contributed by atoms with E-state index >= 15 is 0 Å². The number of hydrogen-bond donors (Lipinski definition) is 2. The Labute approximate surface area is 181 Å². The maximum atomic E-state index is 13.0. The standard InChI is InChI=1S/C23H23FN2O4S/c1-15-12-16(2)14-21(13-15)30-17(3)23(27)25-19-8-10-22(11-9-19)31(28,29)26-20-6-4-18(24)5-7-20/h4-14,17,26H,1-3H3,(H,25,27)/t17-/m1/s1. The summed E-state index contributed by atoms with van der Waals surface area (Å²) >= 11 is 0. The maximum Gasteiger partial charge on any atom is 0.265 e. The van der Waals surface area contributed by atoms with E-state index in [-0.39, 0.29) is 16.5 Å². The topological polar surface area (TPSA) is 84.5 Å². The van der Waals surface area contributed by atoms with Gasteiger partial charge in [0, 0.05) is 11.4 Å². The van der Waals surface area contributed by atoms with Crippen molar-refractivity contribution in [1.29, 1.82) is 0 Å². The molecule has 0 radical (unpaired) electrons. The first-order valence-electron chi connectivity index (χ1n) is 9.57. The first kappa shape index (κ1) is 22.3. The van der Waals surface area contributed by atoms with Gasteiger partial charge in [-0.2, -0.15) is 0 Å². The molecule has 0 saturated heterocycles.